The number of rotatable bonds is 5. The number of allylic oxidation sites excluding steroid dienone is 1. The molecule has 146 valence electrons. The quantitative estimate of drug-likeness (QED) is 0.717. The molecule has 28 heavy (non-hydrogen) atoms. The van der Waals surface area contributed by atoms with Gasteiger partial charge in [-0.25, -0.2) is 4.79 Å². The summed E-state index contributed by atoms with van der Waals surface area (Å²) in [5.74, 6) is -0.498. The van der Waals surface area contributed by atoms with E-state index in [9.17, 15) is 9.59 Å². The second kappa shape index (κ2) is 8.67. The van der Waals surface area contributed by atoms with Crippen molar-refractivity contribution < 1.29 is 19.1 Å². The highest BCUT2D eigenvalue weighted by Gasteiger charge is 2.34. The standard InChI is InChI=1S/C21H19Cl2NO4/c1-12-19(21(26)28-11-13-6-8-14(27-2)9-7-13)16(10-18(25)24-12)15-4-3-5-17(22)20(15)23/h3-9,16H,10-11H2,1-2H3,(H,24,25). The van der Waals surface area contributed by atoms with E-state index < -0.39 is 11.9 Å². The first-order valence-corrected chi connectivity index (χ1v) is 9.41. The summed E-state index contributed by atoms with van der Waals surface area (Å²) in [5, 5.41) is 3.40. The van der Waals surface area contributed by atoms with E-state index in [2.05, 4.69) is 5.32 Å². The van der Waals surface area contributed by atoms with Gasteiger partial charge >= 0.3 is 5.97 Å². The fourth-order valence-corrected chi connectivity index (χ4v) is 3.61. The zero-order valence-electron chi connectivity index (χ0n) is 15.4. The minimum atomic E-state index is -0.525. The Morgan fingerprint density at radius 1 is 1.18 bits per heavy atom. The molecule has 0 bridgehead atoms. The molecule has 7 heteroatoms. The van der Waals surface area contributed by atoms with Crippen LogP contribution in [0.15, 0.2) is 53.7 Å². The average Bonchev–Trinajstić information content (AvgIpc) is 2.68. The highest BCUT2D eigenvalue weighted by atomic mass is 35.5. The summed E-state index contributed by atoms with van der Waals surface area (Å²) < 4.78 is 10.6. The van der Waals surface area contributed by atoms with Crippen molar-refractivity contribution in [3.63, 3.8) is 0 Å². The number of hydrogen-bond acceptors (Lipinski definition) is 4. The van der Waals surface area contributed by atoms with Gasteiger partial charge in [0.05, 0.1) is 22.7 Å². The fourth-order valence-electron chi connectivity index (χ4n) is 3.18. The van der Waals surface area contributed by atoms with Crippen molar-refractivity contribution in [2.45, 2.75) is 25.9 Å². The Morgan fingerprint density at radius 2 is 1.89 bits per heavy atom. The van der Waals surface area contributed by atoms with Crippen molar-refractivity contribution in [2.75, 3.05) is 7.11 Å². The number of nitrogens with one attached hydrogen (secondary N) is 1. The van der Waals surface area contributed by atoms with E-state index in [1.54, 1.807) is 44.4 Å². The number of carbonyl (C=O) groups excluding carboxylic acids is 2. The van der Waals surface area contributed by atoms with Crippen LogP contribution in [0.2, 0.25) is 10.0 Å². The van der Waals surface area contributed by atoms with E-state index in [-0.39, 0.29) is 18.9 Å². The molecule has 5 nitrogen and oxygen atoms in total. The Bertz CT molecular complexity index is 938. The van der Waals surface area contributed by atoms with E-state index in [1.165, 1.54) is 0 Å². The van der Waals surface area contributed by atoms with Crippen LogP contribution in [0.1, 0.15) is 30.4 Å². The summed E-state index contributed by atoms with van der Waals surface area (Å²) >= 11 is 12.5. The number of benzene rings is 2. The third kappa shape index (κ3) is 4.32. The molecule has 1 amide bonds. The van der Waals surface area contributed by atoms with E-state index in [0.29, 0.717) is 26.9 Å². The van der Waals surface area contributed by atoms with Crippen molar-refractivity contribution in [1.82, 2.24) is 5.32 Å². The number of esters is 1. The molecule has 1 heterocycles. The predicted molar refractivity (Wildman–Crippen MR) is 107 cm³/mol. The lowest BCUT2D eigenvalue weighted by atomic mass is 9.84. The number of halogens is 2. The van der Waals surface area contributed by atoms with Crippen molar-refractivity contribution in [3.05, 3.63) is 74.9 Å². The minimum Gasteiger partial charge on any atom is -0.497 e. The van der Waals surface area contributed by atoms with Gasteiger partial charge in [0, 0.05) is 18.0 Å². The molecule has 0 radical (unpaired) electrons. The van der Waals surface area contributed by atoms with Crippen molar-refractivity contribution >= 4 is 35.1 Å². The molecule has 2 aromatic rings. The van der Waals surface area contributed by atoms with Gasteiger partial charge in [-0.1, -0.05) is 47.5 Å². The first kappa shape index (κ1) is 20.2. The van der Waals surface area contributed by atoms with Crippen molar-refractivity contribution in [3.8, 4) is 5.75 Å². The predicted octanol–water partition coefficient (Wildman–Crippen LogP) is 4.62. The molecule has 1 unspecified atom stereocenters. The molecule has 3 rings (SSSR count). The third-order valence-corrected chi connectivity index (χ3v) is 5.41. The smallest absolute Gasteiger partial charge is 0.336 e. The van der Waals surface area contributed by atoms with Gasteiger partial charge in [0.25, 0.3) is 0 Å². The van der Waals surface area contributed by atoms with E-state index >= 15 is 0 Å². The second-order valence-electron chi connectivity index (χ2n) is 6.41. The maximum atomic E-state index is 12.9. The largest absolute Gasteiger partial charge is 0.497 e. The molecule has 2 aromatic carbocycles. The lowest BCUT2D eigenvalue weighted by molar-refractivity contribution is -0.141. The van der Waals surface area contributed by atoms with Gasteiger partial charge in [-0.3, -0.25) is 4.79 Å². The molecular formula is C21H19Cl2NO4. The summed E-state index contributed by atoms with van der Waals surface area (Å²) in [6.07, 6.45) is 0.0877. The van der Waals surface area contributed by atoms with Crippen LogP contribution in [0, 0.1) is 0 Å². The average molecular weight is 420 g/mol. The normalized spacial score (nSPS) is 16.6. The molecule has 1 atom stereocenters. The number of amides is 1. The molecule has 1 aliphatic heterocycles. The molecule has 0 saturated carbocycles. The number of ether oxygens (including phenoxy) is 2. The molecule has 0 fully saturated rings. The van der Waals surface area contributed by atoms with Crippen LogP contribution in [0.3, 0.4) is 0 Å². The van der Waals surface area contributed by atoms with Crippen LogP contribution in [0.4, 0.5) is 0 Å². The van der Waals surface area contributed by atoms with Crippen molar-refractivity contribution in [1.29, 1.82) is 0 Å². The zero-order valence-corrected chi connectivity index (χ0v) is 16.9. The van der Waals surface area contributed by atoms with Crippen LogP contribution in [0.5, 0.6) is 5.75 Å². The number of hydrogen-bond donors (Lipinski definition) is 1. The highest BCUT2D eigenvalue weighted by Crippen LogP contribution is 2.39. The molecule has 1 aliphatic rings. The highest BCUT2D eigenvalue weighted by molar-refractivity contribution is 6.42. The summed E-state index contributed by atoms with van der Waals surface area (Å²) in [5.41, 5.74) is 2.28. The Labute approximate surface area is 173 Å². The molecule has 0 aliphatic carbocycles. The topological polar surface area (TPSA) is 64.6 Å². The van der Waals surface area contributed by atoms with Gasteiger partial charge in [-0.05, 0) is 36.2 Å². The number of methoxy groups -OCH3 is 1. The van der Waals surface area contributed by atoms with Gasteiger partial charge < -0.3 is 14.8 Å². The third-order valence-electron chi connectivity index (χ3n) is 4.57. The van der Waals surface area contributed by atoms with Crippen molar-refractivity contribution in [2.24, 2.45) is 0 Å². The first-order chi connectivity index (χ1) is 13.4. The van der Waals surface area contributed by atoms with Gasteiger partial charge in [0.2, 0.25) is 5.91 Å². The first-order valence-electron chi connectivity index (χ1n) is 8.65. The minimum absolute atomic E-state index is 0.0877. The van der Waals surface area contributed by atoms with E-state index in [4.69, 9.17) is 32.7 Å². The number of carbonyl (C=O) groups is 2. The van der Waals surface area contributed by atoms with Crippen LogP contribution in [-0.4, -0.2) is 19.0 Å². The lowest BCUT2D eigenvalue weighted by Gasteiger charge is -2.27. The van der Waals surface area contributed by atoms with E-state index in [1.807, 2.05) is 12.1 Å². The Kier molecular flexibility index (Phi) is 6.27. The Morgan fingerprint density at radius 3 is 2.57 bits per heavy atom. The Hall–Kier alpha value is -2.50. The summed E-state index contributed by atoms with van der Waals surface area (Å²) in [4.78, 5) is 24.9. The Balaban J connectivity index is 1.85. The van der Waals surface area contributed by atoms with Gasteiger partial charge in [0.1, 0.15) is 12.4 Å². The fraction of sp³-hybridized carbons (Fsp3) is 0.238. The molecular weight excluding hydrogens is 401 g/mol. The van der Waals surface area contributed by atoms with Gasteiger partial charge in [-0.2, -0.15) is 0 Å². The van der Waals surface area contributed by atoms with Gasteiger partial charge in [0.15, 0.2) is 0 Å². The van der Waals surface area contributed by atoms with E-state index in [0.717, 1.165) is 11.3 Å². The van der Waals surface area contributed by atoms with Crippen LogP contribution in [0.25, 0.3) is 0 Å². The lowest BCUT2D eigenvalue weighted by Crippen LogP contribution is -2.34. The maximum Gasteiger partial charge on any atom is 0.336 e. The SMILES string of the molecule is COc1ccc(COC(=O)C2=C(C)NC(=O)CC2c2cccc(Cl)c2Cl)cc1. The van der Waals surface area contributed by atoms with Crippen LogP contribution in [-0.2, 0) is 20.9 Å². The summed E-state index contributed by atoms with van der Waals surface area (Å²) in [6.45, 7) is 1.77. The van der Waals surface area contributed by atoms with Crippen LogP contribution < -0.4 is 10.1 Å². The summed E-state index contributed by atoms with van der Waals surface area (Å²) in [7, 11) is 1.59. The summed E-state index contributed by atoms with van der Waals surface area (Å²) in [6, 6.07) is 12.4. The second-order valence-corrected chi connectivity index (χ2v) is 7.20. The van der Waals surface area contributed by atoms with Gasteiger partial charge in [-0.15, -0.1) is 0 Å². The molecule has 0 spiro atoms. The molecule has 0 aromatic heterocycles. The zero-order chi connectivity index (χ0) is 20.3. The monoisotopic (exact) mass is 419 g/mol. The maximum absolute atomic E-state index is 12.9. The molecule has 0 saturated heterocycles. The molecule has 1 N–H and O–H groups in total. The van der Waals surface area contributed by atoms with Crippen LogP contribution >= 0.6 is 23.2 Å².